The smallest absolute Gasteiger partial charge is 0.233 e. The summed E-state index contributed by atoms with van der Waals surface area (Å²) >= 11 is 7.48. The van der Waals surface area contributed by atoms with E-state index in [9.17, 15) is 4.79 Å². The molecule has 0 aliphatic heterocycles. The number of furan rings is 1. The van der Waals surface area contributed by atoms with E-state index < -0.39 is 0 Å². The number of hydrogen-bond acceptors (Lipinski definition) is 5. The molecule has 4 rings (SSSR count). The van der Waals surface area contributed by atoms with Gasteiger partial charge >= 0.3 is 0 Å². The first kappa shape index (κ1) is 17.8. The van der Waals surface area contributed by atoms with E-state index in [1.54, 1.807) is 6.07 Å². The molecule has 0 fully saturated rings. The molecule has 2 aromatic heterocycles. The molecular weight excluding hydrogens is 382 g/mol. The van der Waals surface area contributed by atoms with Gasteiger partial charge in [0, 0.05) is 17.0 Å². The van der Waals surface area contributed by atoms with E-state index in [4.69, 9.17) is 16.0 Å². The fourth-order valence-corrected chi connectivity index (χ4v) is 3.86. The maximum absolute atomic E-state index is 12.5. The van der Waals surface area contributed by atoms with Gasteiger partial charge in [0.05, 0.1) is 5.25 Å². The third-order valence-corrected chi connectivity index (χ3v) is 5.64. The van der Waals surface area contributed by atoms with Crippen LogP contribution in [0.15, 0.2) is 64.3 Å². The molecule has 0 aliphatic rings. The predicted octanol–water partition coefficient (Wildman–Crippen LogP) is 4.83. The number of thioether (sulfide) groups is 1. The van der Waals surface area contributed by atoms with Crippen molar-refractivity contribution in [2.45, 2.75) is 23.7 Å². The molecule has 0 spiro atoms. The van der Waals surface area contributed by atoms with Gasteiger partial charge in [0.2, 0.25) is 5.91 Å². The van der Waals surface area contributed by atoms with Crippen molar-refractivity contribution in [2.24, 2.45) is 0 Å². The van der Waals surface area contributed by atoms with E-state index in [1.165, 1.54) is 18.1 Å². The van der Waals surface area contributed by atoms with Crippen molar-refractivity contribution < 1.29 is 9.21 Å². The zero-order chi connectivity index (χ0) is 18.8. The lowest BCUT2D eigenvalue weighted by Gasteiger charge is -2.12. The number of amides is 1. The Kier molecular flexibility index (Phi) is 5.01. The second-order valence-electron chi connectivity index (χ2n) is 6.02. The zero-order valence-electron chi connectivity index (χ0n) is 14.5. The van der Waals surface area contributed by atoms with Crippen LogP contribution in [0.2, 0.25) is 5.02 Å². The summed E-state index contributed by atoms with van der Waals surface area (Å²) in [7, 11) is 0. The second-order valence-corrected chi connectivity index (χ2v) is 7.76. The topological polar surface area (TPSA) is 68.0 Å². The van der Waals surface area contributed by atoms with E-state index in [-0.39, 0.29) is 11.2 Å². The van der Waals surface area contributed by atoms with Crippen LogP contribution in [0.3, 0.4) is 0 Å². The maximum atomic E-state index is 12.5. The maximum Gasteiger partial charge on any atom is 0.233 e. The molecule has 0 unspecified atom stereocenters. The molecule has 2 heterocycles. The van der Waals surface area contributed by atoms with Crippen LogP contribution in [-0.2, 0) is 11.3 Å². The lowest BCUT2D eigenvalue weighted by atomic mass is 10.2. The fraction of sp³-hybridized carbons (Fsp3) is 0.150. The number of carbonyl (C=O) groups excluding carboxylic acids is 1. The number of benzene rings is 2. The average Bonchev–Trinajstić information content (AvgIpc) is 3.07. The van der Waals surface area contributed by atoms with E-state index in [0.717, 1.165) is 22.0 Å². The number of nitrogens with one attached hydrogen (secondary N) is 1. The molecule has 1 amide bonds. The van der Waals surface area contributed by atoms with Crippen LogP contribution in [0.4, 0.5) is 0 Å². The van der Waals surface area contributed by atoms with Crippen molar-refractivity contribution in [2.75, 3.05) is 0 Å². The summed E-state index contributed by atoms with van der Waals surface area (Å²) < 4.78 is 5.91. The minimum Gasteiger partial charge on any atom is -0.451 e. The van der Waals surface area contributed by atoms with Crippen LogP contribution in [0, 0.1) is 0 Å². The molecule has 136 valence electrons. The van der Waals surface area contributed by atoms with Crippen molar-refractivity contribution in [1.29, 1.82) is 0 Å². The number of aromatic nitrogens is 2. The molecule has 1 N–H and O–H groups in total. The molecule has 0 bridgehead atoms. The largest absolute Gasteiger partial charge is 0.451 e. The van der Waals surface area contributed by atoms with Crippen molar-refractivity contribution >= 4 is 51.3 Å². The molecular formula is C20H16ClN3O2S. The Morgan fingerprint density at radius 1 is 1.19 bits per heavy atom. The van der Waals surface area contributed by atoms with Crippen molar-refractivity contribution in [3.8, 4) is 0 Å². The van der Waals surface area contributed by atoms with Gasteiger partial charge in [0.25, 0.3) is 0 Å². The molecule has 1 atom stereocenters. The average molecular weight is 398 g/mol. The highest BCUT2D eigenvalue weighted by atomic mass is 35.5. The highest BCUT2D eigenvalue weighted by molar-refractivity contribution is 8.00. The van der Waals surface area contributed by atoms with Crippen molar-refractivity contribution in [3.63, 3.8) is 0 Å². The third-order valence-electron chi connectivity index (χ3n) is 4.19. The van der Waals surface area contributed by atoms with E-state index >= 15 is 0 Å². The van der Waals surface area contributed by atoms with Gasteiger partial charge in [0.15, 0.2) is 5.58 Å². The van der Waals surface area contributed by atoms with E-state index in [1.807, 2.05) is 49.4 Å². The third kappa shape index (κ3) is 3.63. The lowest BCUT2D eigenvalue weighted by molar-refractivity contribution is -0.120. The number of para-hydroxylation sites is 1. The number of halogens is 1. The Morgan fingerprint density at radius 3 is 2.81 bits per heavy atom. The molecule has 0 radical (unpaired) electrons. The normalized spacial score (nSPS) is 12.4. The number of hydrogen-bond donors (Lipinski definition) is 1. The Hall–Kier alpha value is -2.57. The van der Waals surface area contributed by atoms with Crippen LogP contribution in [-0.4, -0.2) is 21.1 Å². The highest BCUT2D eigenvalue weighted by Crippen LogP contribution is 2.34. The first-order valence-electron chi connectivity index (χ1n) is 8.43. The van der Waals surface area contributed by atoms with Crippen LogP contribution >= 0.6 is 23.4 Å². The number of carbonyl (C=O) groups is 1. The fourth-order valence-electron chi connectivity index (χ4n) is 2.78. The van der Waals surface area contributed by atoms with Crippen molar-refractivity contribution in [3.05, 3.63) is 65.4 Å². The van der Waals surface area contributed by atoms with Crippen LogP contribution in [0.1, 0.15) is 12.5 Å². The minimum absolute atomic E-state index is 0.0946. The SMILES string of the molecule is C[C@H](Sc1ncnc2c1oc1ccccc12)C(=O)NCc1ccccc1Cl. The number of nitrogens with zero attached hydrogens (tertiary/aromatic N) is 2. The first-order valence-corrected chi connectivity index (χ1v) is 9.69. The predicted molar refractivity (Wildman–Crippen MR) is 108 cm³/mol. The van der Waals surface area contributed by atoms with Gasteiger partial charge < -0.3 is 9.73 Å². The standard InChI is InChI=1S/C20H16ClN3O2S/c1-12(19(25)22-10-13-6-2-4-8-15(13)21)27-20-18-17(23-11-24-20)14-7-3-5-9-16(14)26-18/h2-9,11-12H,10H2,1H3,(H,22,25)/t12-/m0/s1. The second kappa shape index (κ2) is 7.58. The molecule has 27 heavy (non-hydrogen) atoms. The van der Waals surface area contributed by atoms with Gasteiger partial charge in [0.1, 0.15) is 22.5 Å². The first-order chi connectivity index (χ1) is 13.1. The molecule has 0 saturated carbocycles. The molecule has 0 aliphatic carbocycles. The van der Waals surface area contributed by atoms with Gasteiger partial charge in [-0.25, -0.2) is 9.97 Å². The molecule has 5 nitrogen and oxygen atoms in total. The number of fused-ring (bicyclic) bond motifs is 3. The molecule has 0 saturated heterocycles. The zero-order valence-corrected chi connectivity index (χ0v) is 16.1. The van der Waals surface area contributed by atoms with Gasteiger partial charge in [-0.3, -0.25) is 4.79 Å². The summed E-state index contributed by atoms with van der Waals surface area (Å²) in [5, 5.41) is 4.79. The lowest BCUT2D eigenvalue weighted by Crippen LogP contribution is -2.30. The van der Waals surface area contributed by atoms with E-state index in [2.05, 4.69) is 15.3 Å². The van der Waals surface area contributed by atoms with Gasteiger partial charge in [-0.05, 0) is 30.7 Å². The van der Waals surface area contributed by atoms with Crippen LogP contribution in [0.25, 0.3) is 22.1 Å². The van der Waals surface area contributed by atoms with Crippen molar-refractivity contribution in [1.82, 2.24) is 15.3 Å². The van der Waals surface area contributed by atoms with Gasteiger partial charge in [-0.1, -0.05) is 53.7 Å². The summed E-state index contributed by atoms with van der Waals surface area (Å²) in [6, 6.07) is 15.2. The Bertz CT molecular complexity index is 1130. The summed E-state index contributed by atoms with van der Waals surface area (Å²) in [6.07, 6.45) is 1.50. The van der Waals surface area contributed by atoms with Gasteiger partial charge in [-0.2, -0.15) is 0 Å². The molecule has 2 aromatic carbocycles. The van der Waals surface area contributed by atoms with Crippen LogP contribution < -0.4 is 5.32 Å². The quantitative estimate of drug-likeness (QED) is 0.386. The highest BCUT2D eigenvalue weighted by Gasteiger charge is 2.20. The molecule has 7 heteroatoms. The minimum atomic E-state index is -0.348. The summed E-state index contributed by atoms with van der Waals surface area (Å²) in [6.45, 7) is 2.22. The monoisotopic (exact) mass is 397 g/mol. The Balaban J connectivity index is 1.51. The Morgan fingerprint density at radius 2 is 1.96 bits per heavy atom. The van der Waals surface area contributed by atoms with E-state index in [0.29, 0.717) is 22.2 Å². The van der Waals surface area contributed by atoms with Gasteiger partial charge in [-0.15, -0.1) is 0 Å². The summed E-state index contributed by atoms with van der Waals surface area (Å²) in [5.41, 5.74) is 3.00. The summed E-state index contributed by atoms with van der Waals surface area (Å²) in [4.78, 5) is 21.1. The molecule has 4 aromatic rings. The Labute approximate surface area is 165 Å². The number of rotatable bonds is 5. The van der Waals surface area contributed by atoms with Crippen LogP contribution in [0.5, 0.6) is 0 Å². The summed E-state index contributed by atoms with van der Waals surface area (Å²) in [5.74, 6) is -0.0946.